The fraction of sp³-hybridized carbons (Fsp3) is 0.0833. The van der Waals surface area contributed by atoms with E-state index in [0.29, 0.717) is 17.4 Å². The van der Waals surface area contributed by atoms with E-state index >= 15 is 0 Å². The lowest BCUT2D eigenvalue weighted by Crippen LogP contribution is -1.96. The van der Waals surface area contributed by atoms with Gasteiger partial charge in [0.1, 0.15) is 5.75 Å². The van der Waals surface area contributed by atoms with Crippen LogP contribution in [0.2, 0.25) is 0 Å². The van der Waals surface area contributed by atoms with Gasteiger partial charge in [-0.3, -0.25) is 0 Å². The molecule has 0 spiro atoms. The first kappa shape index (κ1) is 10.3. The number of anilines is 1. The summed E-state index contributed by atoms with van der Waals surface area (Å²) in [7, 11) is 1.52. The quantitative estimate of drug-likeness (QED) is 0.856. The first-order valence-corrected chi connectivity index (χ1v) is 4.83. The Morgan fingerprint density at radius 3 is 2.50 bits per heavy atom. The second-order valence-electron chi connectivity index (χ2n) is 3.16. The molecule has 0 aliphatic carbocycles. The molecule has 2 rings (SSSR count). The zero-order valence-corrected chi connectivity index (χ0v) is 8.88. The van der Waals surface area contributed by atoms with E-state index < -0.39 is 0 Å². The molecular formula is C12H12N2O2. The number of rotatable bonds is 3. The molecule has 0 radical (unpaired) electrons. The van der Waals surface area contributed by atoms with Gasteiger partial charge in [-0.1, -0.05) is 18.2 Å². The highest BCUT2D eigenvalue weighted by Crippen LogP contribution is 2.25. The van der Waals surface area contributed by atoms with Crippen LogP contribution >= 0.6 is 0 Å². The van der Waals surface area contributed by atoms with Crippen LogP contribution in [0.3, 0.4) is 0 Å². The van der Waals surface area contributed by atoms with E-state index in [1.54, 1.807) is 12.1 Å². The Hall–Kier alpha value is -2.23. The summed E-state index contributed by atoms with van der Waals surface area (Å²) in [5.74, 6) is 1.55. The molecule has 0 saturated carbocycles. The Morgan fingerprint density at radius 2 is 1.81 bits per heavy atom. The van der Waals surface area contributed by atoms with E-state index in [2.05, 4.69) is 4.98 Å². The number of methoxy groups -OCH3 is 1. The lowest BCUT2D eigenvalue weighted by molar-refractivity contribution is 0.385. The minimum Gasteiger partial charge on any atom is -0.479 e. The van der Waals surface area contributed by atoms with Gasteiger partial charge < -0.3 is 15.2 Å². The molecule has 0 aliphatic heterocycles. The van der Waals surface area contributed by atoms with Crippen molar-refractivity contribution in [2.75, 3.05) is 12.8 Å². The Morgan fingerprint density at radius 1 is 1.06 bits per heavy atom. The lowest BCUT2D eigenvalue weighted by Gasteiger charge is -2.07. The van der Waals surface area contributed by atoms with Crippen LogP contribution in [-0.2, 0) is 0 Å². The molecule has 0 aliphatic rings. The first-order valence-electron chi connectivity index (χ1n) is 4.83. The Labute approximate surface area is 93.6 Å². The van der Waals surface area contributed by atoms with Crippen LogP contribution in [0, 0.1) is 0 Å². The van der Waals surface area contributed by atoms with E-state index in [9.17, 15) is 0 Å². The van der Waals surface area contributed by atoms with Gasteiger partial charge in [-0.25, -0.2) is 0 Å². The molecule has 2 aromatic rings. The van der Waals surface area contributed by atoms with E-state index in [1.165, 1.54) is 7.11 Å². The maximum atomic E-state index is 5.65. The highest BCUT2D eigenvalue weighted by atomic mass is 16.5. The van der Waals surface area contributed by atoms with Crippen molar-refractivity contribution in [1.29, 1.82) is 0 Å². The maximum Gasteiger partial charge on any atom is 0.240 e. The molecule has 2 N–H and O–H groups in total. The minimum atomic E-state index is 0.369. The largest absolute Gasteiger partial charge is 0.479 e. The number of nitrogens with two attached hydrogens (primary N) is 1. The molecule has 82 valence electrons. The van der Waals surface area contributed by atoms with Crippen molar-refractivity contribution in [2.45, 2.75) is 0 Å². The average molecular weight is 216 g/mol. The van der Waals surface area contributed by atoms with Crippen molar-refractivity contribution >= 4 is 5.69 Å². The van der Waals surface area contributed by atoms with Crippen LogP contribution in [0.15, 0.2) is 42.5 Å². The van der Waals surface area contributed by atoms with Crippen LogP contribution in [0.5, 0.6) is 17.5 Å². The molecule has 1 aromatic heterocycles. The maximum absolute atomic E-state index is 5.65. The predicted molar refractivity (Wildman–Crippen MR) is 61.7 cm³/mol. The lowest BCUT2D eigenvalue weighted by atomic mass is 10.3. The summed E-state index contributed by atoms with van der Waals surface area (Å²) < 4.78 is 10.5. The number of benzene rings is 1. The van der Waals surface area contributed by atoms with Gasteiger partial charge in [-0.15, -0.1) is 0 Å². The fourth-order valence-electron chi connectivity index (χ4n) is 1.26. The summed E-state index contributed by atoms with van der Waals surface area (Å²) >= 11 is 0. The first-order chi connectivity index (χ1) is 7.79. The van der Waals surface area contributed by atoms with E-state index in [0.717, 1.165) is 5.75 Å². The third kappa shape index (κ3) is 2.23. The summed E-state index contributed by atoms with van der Waals surface area (Å²) in [6.07, 6.45) is 0. The summed E-state index contributed by atoms with van der Waals surface area (Å²) in [6.45, 7) is 0. The van der Waals surface area contributed by atoms with Crippen LogP contribution in [0.25, 0.3) is 0 Å². The predicted octanol–water partition coefficient (Wildman–Crippen LogP) is 2.46. The van der Waals surface area contributed by atoms with Crippen molar-refractivity contribution in [3.63, 3.8) is 0 Å². The number of ether oxygens (including phenoxy) is 2. The van der Waals surface area contributed by atoms with Crippen LogP contribution in [-0.4, -0.2) is 12.1 Å². The van der Waals surface area contributed by atoms with Crippen molar-refractivity contribution < 1.29 is 9.47 Å². The molecule has 0 fully saturated rings. The smallest absolute Gasteiger partial charge is 0.240 e. The molecule has 1 aromatic carbocycles. The van der Waals surface area contributed by atoms with Crippen LogP contribution in [0.4, 0.5) is 5.69 Å². The summed E-state index contributed by atoms with van der Waals surface area (Å²) in [4.78, 5) is 4.12. The Kier molecular flexibility index (Phi) is 2.91. The number of pyridine rings is 1. The molecule has 0 bridgehead atoms. The number of hydrogen-bond acceptors (Lipinski definition) is 4. The number of nitrogen functional groups attached to an aromatic ring is 1. The van der Waals surface area contributed by atoms with Crippen LogP contribution in [0.1, 0.15) is 0 Å². The molecular weight excluding hydrogens is 204 g/mol. The molecule has 0 amide bonds. The second kappa shape index (κ2) is 4.53. The van der Waals surface area contributed by atoms with Gasteiger partial charge >= 0.3 is 0 Å². The van der Waals surface area contributed by atoms with Crippen LogP contribution < -0.4 is 15.2 Å². The normalized spacial score (nSPS) is 9.81. The molecule has 1 heterocycles. The molecule has 0 unspecified atom stereocenters. The minimum absolute atomic E-state index is 0.369. The Balaban J connectivity index is 2.22. The average Bonchev–Trinajstić information content (AvgIpc) is 2.33. The van der Waals surface area contributed by atoms with Crippen molar-refractivity contribution in [1.82, 2.24) is 4.98 Å². The highest BCUT2D eigenvalue weighted by molar-refractivity contribution is 5.49. The zero-order chi connectivity index (χ0) is 11.4. The highest BCUT2D eigenvalue weighted by Gasteiger charge is 2.04. The number of nitrogens with zero attached hydrogens (tertiary/aromatic N) is 1. The standard InChI is InChI=1S/C12H12N2O2/c1-15-12-10(13)7-8-11(14-12)16-9-5-3-2-4-6-9/h2-8H,13H2,1H3. The third-order valence-corrected chi connectivity index (χ3v) is 2.02. The van der Waals surface area contributed by atoms with Gasteiger partial charge in [0.05, 0.1) is 12.8 Å². The SMILES string of the molecule is COc1nc(Oc2ccccc2)ccc1N. The van der Waals surface area contributed by atoms with Gasteiger partial charge in [-0.2, -0.15) is 4.98 Å². The molecule has 0 saturated heterocycles. The summed E-state index contributed by atoms with van der Waals surface area (Å²) in [6, 6.07) is 12.8. The topological polar surface area (TPSA) is 57.4 Å². The monoisotopic (exact) mass is 216 g/mol. The fourth-order valence-corrected chi connectivity index (χ4v) is 1.26. The van der Waals surface area contributed by atoms with Gasteiger partial charge in [0.15, 0.2) is 0 Å². The third-order valence-electron chi connectivity index (χ3n) is 2.02. The van der Waals surface area contributed by atoms with E-state index in [4.69, 9.17) is 15.2 Å². The van der Waals surface area contributed by atoms with Crippen molar-refractivity contribution in [3.05, 3.63) is 42.5 Å². The molecule has 16 heavy (non-hydrogen) atoms. The molecule has 0 atom stereocenters. The number of aromatic nitrogens is 1. The van der Waals surface area contributed by atoms with Crippen molar-refractivity contribution in [2.24, 2.45) is 0 Å². The zero-order valence-electron chi connectivity index (χ0n) is 8.88. The number of hydrogen-bond donors (Lipinski definition) is 1. The molecule has 4 nitrogen and oxygen atoms in total. The van der Waals surface area contributed by atoms with Gasteiger partial charge in [-0.05, 0) is 18.2 Å². The van der Waals surface area contributed by atoms with Gasteiger partial charge in [0.2, 0.25) is 11.8 Å². The van der Waals surface area contributed by atoms with Gasteiger partial charge in [0, 0.05) is 6.07 Å². The Bertz CT molecular complexity index is 472. The van der Waals surface area contributed by atoms with Gasteiger partial charge in [0.25, 0.3) is 0 Å². The second-order valence-corrected chi connectivity index (χ2v) is 3.16. The summed E-state index contributed by atoms with van der Waals surface area (Å²) in [5, 5.41) is 0. The van der Waals surface area contributed by atoms with E-state index in [1.807, 2.05) is 30.3 Å². The molecule has 4 heteroatoms. The summed E-state index contributed by atoms with van der Waals surface area (Å²) in [5.41, 5.74) is 6.14. The number of para-hydroxylation sites is 1. The van der Waals surface area contributed by atoms with Crippen molar-refractivity contribution in [3.8, 4) is 17.5 Å². The van der Waals surface area contributed by atoms with E-state index in [-0.39, 0.29) is 0 Å².